The molecule has 0 spiro atoms. The summed E-state index contributed by atoms with van der Waals surface area (Å²) in [6.45, 7) is 11.4. The lowest BCUT2D eigenvalue weighted by Crippen LogP contribution is -2.31. The third kappa shape index (κ3) is 4.16. The van der Waals surface area contributed by atoms with Gasteiger partial charge in [-0.05, 0) is 20.3 Å². The molecule has 0 aromatic rings. The third-order valence-electron chi connectivity index (χ3n) is 1.68. The summed E-state index contributed by atoms with van der Waals surface area (Å²) < 4.78 is 0. The smallest absolute Gasteiger partial charge is 0.226 e. The van der Waals surface area contributed by atoms with Crippen molar-refractivity contribution in [1.82, 2.24) is 4.90 Å². The van der Waals surface area contributed by atoms with Crippen molar-refractivity contribution in [1.29, 1.82) is 0 Å². The van der Waals surface area contributed by atoms with E-state index in [1.807, 2.05) is 18.7 Å². The van der Waals surface area contributed by atoms with Crippen LogP contribution in [-0.2, 0) is 4.79 Å². The number of carbonyl (C=O) groups excluding carboxylic acids is 1. The molecule has 0 atom stereocenters. The van der Waals surface area contributed by atoms with E-state index in [4.69, 9.17) is 0 Å². The fourth-order valence-corrected chi connectivity index (χ4v) is 1.10. The van der Waals surface area contributed by atoms with Crippen LogP contribution in [0.15, 0.2) is 12.2 Å². The number of nitrogens with zero attached hydrogens (tertiary/aromatic N) is 1. The van der Waals surface area contributed by atoms with E-state index in [9.17, 15) is 4.79 Å². The molecule has 0 aliphatic heterocycles. The van der Waals surface area contributed by atoms with Crippen molar-refractivity contribution in [3.8, 4) is 0 Å². The second-order valence-electron chi connectivity index (χ2n) is 3.11. The van der Waals surface area contributed by atoms with E-state index < -0.39 is 0 Å². The van der Waals surface area contributed by atoms with Crippen LogP contribution in [0.2, 0.25) is 0 Å². The molecule has 0 radical (unpaired) electrons. The van der Waals surface area contributed by atoms with E-state index in [0.717, 1.165) is 25.1 Å². The van der Waals surface area contributed by atoms with Crippen LogP contribution in [0, 0.1) is 0 Å². The van der Waals surface area contributed by atoms with Gasteiger partial charge in [-0.25, -0.2) is 0 Å². The minimum Gasteiger partial charge on any atom is -0.343 e. The zero-order valence-electron chi connectivity index (χ0n) is 8.39. The first-order valence-electron chi connectivity index (χ1n) is 4.54. The topological polar surface area (TPSA) is 20.3 Å². The summed E-state index contributed by atoms with van der Waals surface area (Å²) in [4.78, 5) is 13.3. The van der Waals surface area contributed by atoms with Crippen molar-refractivity contribution in [2.24, 2.45) is 0 Å². The van der Waals surface area contributed by atoms with Gasteiger partial charge in [-0.3, -0.25) is 4.79 Å². The first-order valence-corrected chi connectivity index (χ1v) is 4.54. The van der Waals surface area contributed by atoms with Crippen LogP contribution in [0.3, 0.4) is 0 Å². The fourth-order valence-electron chi connectivity index (χ4n) is 1.10. The van der Waals surface area contributed by atoms with Gasteiger partial charge in [-0.2, -0.15) is 0 Å². The zero-order chi connectivity index (χ0) is 9.56. The van der Waals surface area contributed by atoms with E-state index in [1.54, 1.807) is 0 Å². The lowest BCUT2D eigenvalue weighted by Gasteiger charge is -2.19. The molecule has 0 aliphatic rings. The fraction of sp³-hybridized carbons (Fsp3) is 0.700. The highest BCUT2D eigenvalue weighted by Crippen LogP contribution is 2.02. The second kappa shape index (κ2) is 5.81. The predicted octanol–water partition coefficient (Wildman–Crippen LogP) is 2.21. The zero-order valence-corrected chi connectivity index (χ0v) is 8.39. The standard InChI is InChI=1S/C10H19NO/c1-5-7-11(6-2)10(12)8-9(3)4/h3,5-8H2,1-2,4H3. The van der Waals surface area contributed by atoms with Crippen molar-refractivity contribution >= 4 is 5.91 Å². The first-order chi connectivity index (χ1) is 5.61. The Kier molecular flexibility index (Phi) is 5.43. The summed E-state index contributed by atoms with van der Waals surface area (Å²) in [7, 11) is 0. The van der Waals surface area contributed by atoms with Gasteiger partial charge in [0.25, 0.3) is 0 Å². The minimum absolute atomic E-state index is 0.201. The molecule has 0 fully saturated rings. The molecule has 0 aromatic carbocycles. The van der Waals surface area contributed by atoms with Crippen molar-refractivity contribution in [2.75, 3.05) is 13.1 Å². The van der Waals surface area contributed by atoms with Crippen LogP contribution in [0.1, 0.15) is 33.6 Å². The lowest BCUT2D eigenvalue weighted by atomic mass is 10.2. The monoisotopic (exact) mass is 169 g/mol. The van der Waals surface area contributed by atoms with Crippen LogP contribution in [0.25, 0.3) is 0 Å². The molecule has 0 bridgehead atoms. The lowest BCUT2D eigenvalue weighted by molar-refractivity contribution is -0.130. The van der Waals surface area contributed by atoms with Gasteiger partial charge in [-0.15, -0.1) is 0 Å². The van der Waals surface area contributed by atoms with Crippen LogP contribution in [0.5, 0.6) is 0 Å². The molecule has 2 heteroatoms. The van der Waals surface area contributed by atoms with Gasteiger partial charge in [0.2, 0.25) is 5.91 Å². The molecule has 0 rings (SSSR count). The normalized spacial score (nSPS) is 9.58. The van der Waals surface area contributed by atoms with Crippen LogP contribution >= 0.6 is 0 Å². The van der Waals surface area contributed by atoms with E-state index in [1.165, 1.54) is 0 Å². The van der Waals surface area contributed by atoms with Crippen molar-refractivity contribution in [3.63, 3.8) is 0 Å². The predicted molar refractivity (Wildman–Crippen MR) is 52.0 cm³/mol. The molecule has 0 saturated heterocycles. The maximum absolute atomic E-state index is 11.4. The minimum atomic E-state index is 0.201. The molecule has 70 valence electrons. The number of rotatable bonds is 5. The van der Waals surface area contributed by atoms with Crippen molar-refractivity contribution in [3.05, 3.63) is 12.2 Å². The molecular formula is C10H19NO. The van der Waals surface area contributed by atoms with Gasteiger partial charge >= 0.3 is 0 Å². The Morgan fingerprint density at radius 2 is 2.00 bits per heavy atom. The Morgan fingerprint density at radius 3 is 2.33 bits per heavy atom. The Labute approximate surface area is 75.3 Å². The number of amides is 1. The number of hydrogen-bond donors (Lipinski definition) is 0. The Bertz CT molecular complexity index is 163. The Balaban J connectivity index is 3.93. The molecular weight excluding hydrogens is 150 g/mol. The van der Waals surface area contributed by atoms with E-state index in [-0.39, 0.29) is 5.91 Å². The first kappa shape index (κ1) is 11.2. The van der Waals surface area contributed by atoms with Crippen molar-refractivity contribution < 1.29 is 4.79 Å². The van der Waals surface area contributed by atoms with Crippen molar-refractivity contribution in [2.45, 2.75) is 33.6 Å². The molecule has 0 unspecified atom stereocenters. The number of hydrogen-bond acceptors (Lipinski definition) is 1. The average Bonchev–Trinajstić information content (AvgIpc) is 1.98. The number of carbonyl (C=O) groups is 1. The highest BCUT2D eigenvalue weighted by molar-refractivity contribution is 5.78. The van der Waals surface area contributed by atoms with Gasteiger partial charge < -0.3 is 4.90 Å². The molecule has 0 aromatic heterocycles. The molecule has 0 N–H and O–H groups in total. The van der Waals surface area contributed by atoms with Gasteiger partial charge in [0.1, 0.15) is 0 Å². The van der Waals surface area contributed by atoms with Gasteiger partial charge in [0, 0.05) is 19.5 Å². The van der Waals surface area contributed by atoms with Gasteiger partial charge in [-0.1, -0.05) is 19.1 Å². The maximum atomic E-state index is 11.4. The molecule has 0 saturated carbocycles. The van der Waals surface area contributed by atoms with Crippen LogP contribution in [0.4, 0.5) is 0 Å². The summed E-state index contributed by atoms with van der Waals surface area (Å²) in [5.74, 6) is 0.201. The second-order valence-corrected chi connectivity index (χ2v) is 3.11. The summed E-state index contributed by atoms with van der Waals surface area (Å²) in [5.41, 5.74) is 0.939. The maximum Gasteiger partial charge on any atom is 0.226 e. The molecule has 2 nitrogen and oxygen atoms in total. The summed E-state index contributed by atoms with van der Waals surface area (Å²) in [5, 5.41) is 0. The van der Waals surface area contributed by atoms with Crippen LogP contribution < -0.4 is 0 Å². The quantitative estimate of drug-likeness (QED) is 0.578. The molecule has 0 heterocycles. The van der Waals surface area contributed by atoms with E-state index in [2.05, 4.69) is 13.5 Å². The SMILES string of the molecule is C=C(C)CC(=O)N(CC)CCC. The molecule has 0 aliphatic carbocycles. The van der Waals surface area contributed by atoms with Crippen LogP contribution in [-0.4, -0.2) is 23.9 Å². The summed E-state index contributed by atoms with van der Waals surface area (Å²) in [6, 6.07) is 0. The molecule has 1 amide bonds. The average molecular weight is 169 g/mol. The highest BCUT2D eigenvalue weighted by atomic mass is 16.2. The summed E-state index contributed by atoms with van der Waals surface area (Å²) in [6.07, 6.45) is 1.52. The summed E-state index contributed by atoms with van der Waals surface area (Å²) >= 11 is 0. The third-order valence-corrected chi connectivity index (χ3v) is 1.68. The Hall–Kier alpha value is -0.790. The molecule has 12 heavy (non-hydrogen) atoms. The highest BCUT2D eigenvalue weighted by Gasteiger charge is 2.09. The van der Waals surface area contributed by atoms with E-state index in [0.29, 0.717) is 6.42 Å². The van der Waals surface area contributed by atoms with E-state index >= 15 is 0 Å². The Morgan fingerprint density at radius 1 is 1.42 bits per heavy atom. The largest absolute Gasteiger partial charge is 0.343 e. The van der Waals surface area contributed by atoms with Gasteiger partial charge in [0.15, 0.2) is 0 Å². The van der Waals surface area contributed by atoms with Gasteiger partial charge in [0.05, 0.1) is 0 Å².